The maximum atomic E-state index is 4.83. The van der Waals surface area contributed by atoms with Crippen LogP contribution in [0.1, 0.15) is 16.7 Å². The zero-order valence-electron chi connectivity index (χ0n) is 6.94. The van der Waals surface area contributed by atoms with E-state index in [1.807, 2.05) is 13.8 Å². The predicted molar refractivity (Wildman–Crippen MR) is 37.4 cm³/mol. The van der Waals surface area contributed by atoms with Crippen molar-refractivity contribution >= 4 is 35.5 Å². The minimum Gasteiger partial charge on any atom is -1.00 e. The third-order valence-corrected chi connectivity index (χ3v) is 0.408. The Morgan fingerprint density at radius 1 is 1.29 bits per heavy atom. The van der Waals surface area contributed by atoms with E-state index in [0.717, 1.165) is 13.2 Å². The number of hydrogen-bond donors (Lipinski definition) is 0. The Bertz CT molecular complexity index is 26.0. The fourth-order valence-corrected chi connectivity index (χ4v) is 0.204. The number of hydrogen-bond acceptors (Lipinski definition) is 1. The molecule has 0 rings (SSSR count). The van der Waals surface area contributed by atoms with Crippen LogP contribution in [0.5, 0.6) is 0 Å². The Kier molecular flexibility index (Phi) is 35.3. The van der Waals surface area contributed by atoms with Gasteiger partial charge in [0.05, 0.1) is 0 Å². The minimum atomic E-state index is 0. The van der Waals surface area contributed by atoms with Gasteiger partial charge in [-0.3, -0.25) is 0 Å². The van der Waals surface area contributed by atoms with Gasteiger partial charge in [-0.25, -0.2) is 0 Å². The Hall–Kier alpha value is 1.02. The molecule has 0 N–H and O–H groups in total. The molecule has 0 saturated heterocycles. The average molecular weight is 137 g/mol. The summed E-state index contributed by atoms with van der Waals surface area (Å²) >= 11 is 0. The summed E-state index contributed by atoms with van der Waals surface area (Å²) in [4.78, 5) is 0. The van der Waals surface area contributed by atoms with Crippen LogP contribution >= 0.6 is 12.4 Å². The van der Waals surface area contributed by atoms with E-state index < -0.39 is 0 Å². The van der Waals surface area contributed by atoms with E-state index in [-0.39, 0.29) is 38.3 Å². The van der Waals surface area contributed by atoms with Crippen molar-refractivity contribution in [1.82, 2.24) is 0 Å². The van der Waals surface area contributed by atoms with E-state index >= 15 is 0 Å². The summed E-state index contributed by atoms with van der Waals surface area (Å²) in [6, 6.07) is 0. The number of halogens is 1. The van der Waals surface area contributed by atoms with Crippen LogP contribution in [0, 0.1) is 0 Å². The van der Waals surface area contributed by atoms with Crippen molar-refractivity contribution in [3.8, 4) is 0 Å². The van der Waals surface area contributed by atoms with Crippen molar-refractivity contribution in [1.29, 1.82) is 0 Å². The summed E-state index contributed by atoms with van der Waals surface area (Å²) in [5.74, 6) is 0. The third-order valence-electron chi connectivity index (χ3n) is 0.408. The molecule has 44 valence electrons. The molecule has 0 aromatic carbocycles. The van der Waals surface area contributed by atoms with Crippen molar-refractivity contribution in [3.05, 3.63) is 0 Å². The molecule has 0 aliphatic heterocycles. The first-order valence-electron chi connectivity index (χ1n) is 1.99. The van der Waals surface area contributed by atoms with Crippen LogP contribution in [0.3, 0.4) is 0 Å². The molecule has 0 aromatic heterocycles. The van der Waals surface area contributed by atoms with E-state index in [4.69, 9.17) is 4.74 Å². The molecule has 7 heavy (non-hydrogen) atoms. The molecule has 1 nitrogen and oxygen atoms in total. The van der Waals surface area contributed by atoms with E-state index in [9.17, 15) is 0 Å². The molecular formula is C4H13ClMgO. The molecule has 0 radical (unpaired) electrons. The normalized spacial score (nSPS) is 6.00. The molecule has 0 fully saturated rings. The average Bonchev–Trinajstić information content (AvgIpc) is 1.41. The first kappa shape index (κ1) is 15.7. The summed E-state index contributed by atoms with van der Waals surface area (Å²) in [6.45, 7) is 5.67. The summed E-state index contributed by atoms with van der Waals surface area (Å²) in [7, 11) is 0. The van der Waals surface area contributed by atoms with Crippen LogP contribution in [0.25, 0.3) is 0 Å². The van der Waals surface area contributed by atoms with Crippen LogP contribution in [0.15, 0.2) is 0 Å². The topological polar surface area (TPSA) is 9.23 Å². The van der Waals surface area contributed by atoms with Crippen LogP contribution in [-0.2, 0) is 4.74 Å². The Labute approximate surface area is 70.3 Å². The predicted octanol–water partition coefficient (Wildman–Crippen LogP) is 1.31. The number of rotatable bonds is 2. The largest absolute Gasteiger partial charge is 2.00 e. The van der Waals surface area contributed by atoms with Crippen molar-refractivity contribution in [2.45, 2.75) is 13.8 Å². The van der Waals surface area contributed by atoms with Gasteiger partial charge in [0.15, 0.2) is 0 Å². The molecule has 0 aliphatic rings. The van der Waals surface area contributed by atoms with Crippen LogP contribution in [0.2, 0.25) is 0 Å². The maximum Gasteiger partial charge on any atom is 2.00 e. The molecule has 0 heterocycles. The second kappa shape index (κ2) is 15.7. The first-order valence-corrected chi connectivity index (χ1v) is 1.99. The second-order valence-corrected chi connectivity index (χ2v) is 0.781. The van der Waals surface area contributed by atoms with Crippen LogP contribution < -0.4 is 0 Å². The van der Waals surface area contributed by atoms with Gasteiger partial charge in [0, 0.05) is 13.2 Å². The Morgan fingerprint density at radius 3 is 1.57 bits per heavy atom. The smallest absolute Gasteiger partial charge is 1.00 e. The van der Waals surface area contributed by atoms with Crippen LogP contribution in [-0.4, -0.2) is 36.3 Å². The van der Waals surface area contributed by atoms with Gasteiger partial charge in [-0.15, -0.1) is 12.4 Å². The molecule has 0 aromatic rings. The molecule has 0 bridgehead atoms. The van der Waals surface area contributed by atoms with Crippen molar-refractivity contribution < 1.29 is 7.59 Å². The van der Waals surface area contributed by atoms with E-state index in [2.05, 4.69) is 0 Å². The molecule has 0 amide bonds. The Balaban J connectivity index is -0.0000000133. The monoisotopic (exact) mass is 136 g/mol. The number of ether oxygens (including phenoxy) is 1. The first-order chi connectivity index (χ1) is 2.41. The molecule has 0 unspecified atom stereocenters. The van der Waals surface area contributed by atoms with Crippen molar-refractivity contribution in [2.24, 2.45) is 0 Å². The second-order valence-electron chi connectivity index (χ2n) is 0.781. The van der Waals surface area contributed by atoms with Gasteiger partial charge in [0.2, 0.25) is 0 Å². The molecule has 0 saturated carbocycles. The van der Waals surface area contributed by atoms with Crippen LogP contribution in [0.4, 0.5) is 0 Å². The summed E-state index contributed by atoms with van der Waals surface area (Å²) in [6.07, 6.45) is 0. The third kappa shape index (κ3) is 19.4. The van der Waals surface area contributed by atoms with Gasteiger partial charge in [0.1, 0.15) is 0 Å². The van der Waals surface area contributed by atoms with Gasteiger partial charge in [0.25, 0.3) is 0 Å². The van der Waals surface area contributed by atoms with Crippen molar-refractivity contribution in [2.75, 3.05) is 13.2 Å². The molecule has 0 spiro atoms. The van der Waals surface area contributed by atoms with Crippen molar-refractivity contribution in [3.63, 3.8) is 0 Å². The standard InChI is InChI=1S/C4H10O.ClH.Mg.2H/c1-3-5-4-2;;;;/h3-4H2,1-2H3;1H;;;/q;;+2;2*-1. The quantitative estimate of drug-likeness (QED) is 0.521. The van der Waals surface area contributed by atoms with E-state index in [0.29, 0.717) is 0 Å². The fourth-order valence-electron chi connectivity index (χ4n) is 0.204. The molecule has 0 atom stereocenters. The molecule has 3 heteroatoms. The zero-order valence-corrected chi connectivity index (χ0v) is 7.17. The summed E-state index contributed by atoms with van der Waals surface area (Å²) in [5, 5.41) is 0. The molecular weight excluding hydrogens is 124 g/mol. The summed E-state index contributed by atoms with van der Waals surface area (Å²) in [5.41, 5.74) is 0. The van der Waals surface area contributed by atoms with Gasteiger partial charge in [-0.1, -0.05) is 0 Å². The van der Waals surface area contributed by atoms with E-state index in [1.165, 1.54) is 0 Å². The van der Waals surface area contributed by atoms with Gasteiger partial charge in [-0.2, -0.15) is 0 Å². The molecule has 0 aliphatic carbocycles. The SMILES string of the molecule is CCOCC.Cl.[H-].[H-].[Mg+2]. The zero-order chi connectivity index (χ0) is 4.12. The van der Waals surface area contributed by atoms with Gasteiger partial charge < -0.3 is 7.59 Å². The van der Waals surface area contributed by atoms with E-state index in [1.54, 1.807) is 0 Å². The Morgan fingerprint density at radius 2 is 1.57 bits per heavy atom. The minimum absolute atomic E-state index is 0. The van der Waals surface area contributed by atoms with Gasteiger partial charge >= 0.3 is 23.1 Å². The van der Waals surface area contributed by atoms with Gasteiger partial charge in [-0.05, 0) is 13.8 Å². The summed E-state index contributed by atoms with van der Waals surface area (Å²) < 4.78 is 4.83. The maximum absolute atomic E-state index is 4.83. The fraction of sp³-hybridized carbons (Fsp3) is 1.00.